The minimum Gasteiger partial charge on any atom is -0.450 e. The highest BCUT2D eigenvalue weighted by molar-refractivity contribution is 7.99. The average Bonchev–Trinajstić information content (AvgIpc) is 3.14. The quantitative estimate of drug-likeness (QED) is 0.541. The first-order chi connectivity index (χ1) is 13.6. The van der Waals surface area contributed by atoms with E-state index in [9.17, 15) is 14.4 Å². The monoisotopic (exact) mass is 391 g/mol. The van der Waals surface area contributed by atoms with Crippen molar-refractivity contribution in [2.75, 3.05) is 4.90 Å². The molecule has 0 aliphatic carbocycles. The number of barbiturate groups is 1. The van der Waals surface area contributed by atoms with Gasteiger partial charge in [-0.2, -0.15) is 0 Å². The molecule has 28 heavy (non-hydrogen) atoms. The van der Waals surface area contributed by atoms with Crippen LogP contribution in [0.15, 0.2) is 87.0 Å². The standard InChI is InChI=1S/C20H13N3O4S/c24-18-16(19(25)23(20(26)22-18)13-8-10-21-11-9-13)12-14-6-7-17(27-14)28-15-4-2-1-3-5-15/h1-12H,(H,22,24,26)/b16-12+. The lowest BCUT2D eigenvalue weighted by molar-refractivity contribution is -0.122. The fourth-order valence-corrected chi connectivity index (χ4v) is 3.40. The molecule has 1 aliphatic rings. The van der Waals surface area contributed by atoms with Crippen LogP contribution < -0.4 is 10.2 Å². The summed E-state index contributed by atoms with van der Waals surface area (Å²) < 4.78 is 5.70. The third kappa shape index (κ3) is 3.58. The maximum Gasteiger partial charge on any atom is 0.335 e. The van der Waals surface area contributed by atoms with Crippen LogP contribution in [0.5, 0.6) is 0 Å². The molecular weight excluding hydrogens is 378 g/mol. The van der Waals surface area contributed by atoms with Gasteiger partial charge in [0.05, 0.1) is 5.69 Å². The molecule has 0 atom stereocenters. The van der Waals surface area contributed by atoms with Gasteiger partial charge in [-0.25, -0.2) is 9.69 Å². The molecular formula is C20H13N3O4S. The number of hydrogen-bond acceptors (Lipinski definition) is 6. The molecule has 7 nitrogen and oxygen atoms in total. The van der Waals surface area contributed by atoms with E-state index in [1.165, 1.54) is 42.4 Å². The molecule has 4 rings (SSSR count). The third-order valence-corrected chi connectivity index (χ3v) is 4.80. The second kappa shape index (κ2) is 7.53. The van der Waals surface area contributed by atoms with Crippen LogP contribution in [0.3, 0.4) is 0 Å². The summed E-state index contributed by atoms with van der Waals surface area (Å²) in [5.74, 6) is -1.16. The molecule has 1 aliphatic heterocycles. The third-order valence-electron chi connectivity index (χ3n) is 3.87. The highest BCUT2D eigenvalue weighted by Gasteiger charge is 2.37. The van der Waals surface area contributed by atoms with Gasteiger partial charge in [0, 0.05) is 17.3 Å². The topological polar surface area (TPSA) is 92.5 Å². The number of rotatable bonds is 4. The molecule has 0 saturated carbocycles. The summed E-state index contributed by atoms with van der Waals surface area (Å²) in [5, 5.41) is 2.78. The molecule has 4 amide bonds. The second-order valence-electron chi connectivity index (χ2n) is 5.74. The van der Waals surface area contributed by atoms with Gasteiger partial charge in [0.25, 0.3) is 11.8 Å². The highest BCUT2D eigenvalue weighted by atomic mass is 32.2. The van der Waals surface area contributed by atoms with E-state index in [0.29, 0.717) is 16.5 Å². The van der Waals surface area contributed by atoms with Crippen molar-refractivity contribution in [1.29, 1.82) is 0 Å². The number of hydrogen-bond donors (Lipinski definition) is 1. The number of furan rings is 1. The Morgan fingerprint density at radius 1 is 0.964 bits per heavy atom. The van der Waals surface area contributed by atoms with Crippen LogP contribution in [0.25, 0.3) is 6.08 Å². The fraction of sp³-hybridized carbons (Fsp3) is 0. The van der Waals surface area contributed by atoms with E-state index in [1.54, 1.807) is 12.1 Å². The number of pyridine rings is 1. The van der Waals surface area contributed by atoms with E-state index in [-0.39, 0.29) is 5.57 Å². The van der Waals surface area contributed by atoms with Gasteiger partial charge in [-0.3, -0.25) is 19.9 Å². The number of amides is 4. The van der Waals surface area contributed by atoms with Crippen molar-refractivity contribution in [3.8, 4) is 0 Å². The van der Waals surface area contributed by atoms with Crippen molar-refractivity contribution in [2.24, 2.45) is 0 Å². The van der Waals surface area contributed by atoms with Gasteiger partial charge in [-0.1, -0.05) is 30.0 Å². The number of urea groups is 1. The molecule has 8 heteroatoms. The van der Waals surface area contributed by atoms with Gasteiger partial charge in [0.15, 0.2) is 5.09 Å². The summed E-state index contributed by atoms with van der Waals surface area (Å²) >= 11 is 1.42. The average molecular weight is 391 g/mol. The van der Waals surface area contributed by atoms with Gasteiger partial charge < -0.3 is 4.42 Å². The molecule has 1 fully saturated rings. The fourth-order valence-electron chi connectivity index (χ4n) is 2.60. The van der Waals surface area contributed by atoms with E-state index < -0.39 is 17.8 Å². The molecule has 3 heterocycles. The van der Waals surface area contributed by atoms with Crippen LogP contribution in [0.4, 0.5) is 10.5 Å². The first kappa shape index (κ1) is 17.7. The Hall–Kier alpha value is -3.65. The number of carbonyl (C=O) groups excluding carboxylic acids is 3. The molecule has 3 aromatic rings. The van der Waals surface area contributed by atoms with Crippen LogP contribution in [-0.4, -0.2) is 22.8 Å². The van der Waals surface area contributed by atoms with Gasteiger partial charge in [-0.05, 0) is 42.5 Å². The zero-order valence-electron chi connectivity index (χ0n) is 14.4. The molecule has 138 valence electrons. The van der Waals surface area contributed by atoms with Crippen molar-refractivity contribution in [1.82, 2.24) is 10.3 Å². The number of nitrogens with one attached hydrogen (secondary N) is 1. The Kier molecular flexibility index (Phi) is 4.77. The van der Waals surface area contributed by atoms with Crippen molar-refractivity contribution >= 4 is 41.4 Å². The SMILES string of the molecule is O=C1NC(=O)N(c2ccncc2)C(=O)/C1=C/c1ccc(Sc2ccccc2)o1. The lowest BCUT2D eigenvalue weighted by Gasteiger charge is -2.25. The Balaban J connectivity index is 1.60. The Bertz CT molecular complexity index is 1080. The molecule has 2 aromatic heterocycles. The lowest BCUT2D eigenvalue weighted by atomic mass is 10.1. The molecule has 0 unspecified atom stereocenters. The molecule has 1 saturated heterocycles. The molecule has 0 bridgehead atoms. The first-order valence-corrected chi connectivity index (χ1v) is 9.08. The molecule has 1 N–H and O–H groups in total. The van der Waals surface area contributed by atoms with E-state index in [2.05, 4.69) is 10.3 Å². The Morgan fingerprint density at radius 2 is 1.71 bits per heavy atom. The summed E-state index contributed by atoms with van der Waals surface area (Å²) in [6.07, 6.45) is 4.23. The maximum atomic E-state index is 12.8. The summed E-state index contributed by atoms with van der Waals surface area (Å²) in [6, 6.07) is 15.3. The van der Waals surface area contributed by atoms with Crippen LogP contribution in [0.2, 0.25) is 0 Å². The van der Waals surface area contributed by atoms with Crippen LogP contribution in [0, 0.1) is 0 Å². The van der Waals surface area contributed by atoms with Crippen molar-refractivity contribution in [2.45, 2.75) is 9.99 Å². The van der Waals surface area contributed by atoms with E-state index in [0.717, 1.165) is 9.80 Å². The predicted molar refractivity (Wildman–Crippen MR) is 103 cm³/mol. The predicted octanol–water partition coefficient (Wildman–Crippen LogP) is 3.49. The summed E-state index contributed by atoms with van der Waals surface area (Å²) in [6.45, 7) is 0. The van der Waals surface area contributed by atoms with Gasteiger partial charge >= 0.3 is 6.03 Å². The lowest BCUT2D eigenvalue weighted by Crippen LogP contribution is -2.54. The normalized spacial score (nSPS) is 15.8. The number of carbonyl (C=O) groups is 3. The summed E-state index contributed by atoms with van der Waals surface area (Å²) in [5.41, 5.74) is 0.123. The van der Waals surface area contributed by atoms with Gasteiger partial charge in [0.1, 0.15) is 11.3 Å². The molecule has 0 radical (unpaired) electrons. The summed E-state index contributed by atoms with van der Waals surface area (Å²) in [7, 11) is 0. The van der Waals surface area contributed by atoms with Crippen LogP contribution in [0.1, 0.15) is 5.76 Å². The largest absolute Gasteiger partial charge is 0.450 e. The highest BCUT2D eigenvalue weighted by Crippen LogP contribution is 2.30. The Morgan fingerprint density at radius 3 is 2.46 bits per heavy atom. The zero-order valence-corrected chi connectivity index (χ0v) is 15.2. The number of nitrogens with zero attached hydrogens (tertiary/aromatic N) is 2. The number of benzene rings is 1. The van der Waals surface area contributed by atoms with Gasteiger partial charge in [-0.15, -0.1) is 0 Å². The van der Waals surface area contributed by atoms with Crippen molar-refractivity contribution in [3.05, 3.63) is 78.3 Å². The van der Waals surface area contributed by atoms with E-state index >= 15 is 0 Å². The van der Waals surface area contributed by atoms with E-state index in [4.69, 9.17) is 4.42 Å². The molecule has 1 aromatic carbocycles. The summed E-state index contributed by atoms with van der Waals surface area (Å²) in [4.78, 5) is 42.8. The first-order valence-electron chi connectivity index (χ1n) is 8.26. The number of anilines is 1. The van der Waals surface area contributed by atoms with Crippen molar-refractivity contribution < 1.29 is 18.8 Å². The smallest absolute Gasteiger partial charge is 0.335 e. The van der Waals surface area contributed by atoms with Crippen LogP contribution in [-0.2, 0) is 9.59 Å². The Labute approximate surface area is 164 Å². The second-order valence-corrected chi connectivity index (χ2v) is 6.81. The van der Waals surface area contributed by atoms with E-state index in [1.807, 2.05) is 30.3 Å². The van der Waals surface area contributed by atoms with Crippen LogP contribution >= 0.6 is 11.8 Å². The molecule has 0 spiro atoms. The number of imide groups is 2. The minimum atomic E-state index is -0.807. The maximum absolute atomic E-state index is 12.8. The zero-order chi connectivity index (χ0) is 19.5. The minimum absolute atomic E-state index is 0.193. The number of aromatic nitrogens is 1. The van der Waals surface area contributed by atoms with Gasteiger partial charge in [0.2, 0.25) is 0 Å². The van der Waals surface area contributed by atoms with Crippen molar-refractivity contribution in [3.63, 3.8) is 0 Å².